The molecule has 0 saturated carbocycles. The number of nitrogens with zero attached hydrogens (tertiary/aromatic N) is 1. The zero-order chi connectivity index (χ0) is 17.5. The smallest absolute Gasteiger partial charge is 0.254 e. The van der Waals surface area contributed by atoms with Crippen molar-refractivity contribution in [2.45, 2.75) is 24.0 Å². The fourth-order valence-electron chi connectivity index (χ4n) is 2.84. The van der Waals surface area contributed by atoms with Gasteiger partial charge in [0.2, 0.25) is 0 Å². The van der Waals surface area contributed by atoms with Gasteiger partial charge < -0.3 is 4.90 Å². The minimum absolute atomic E-state index is 0.116. The molecule has 0 spiro atoms. The highest BCUT2D eigenvalue weighted by molar-refractivity contribution is 7.92. The first-order chi connectivity index (χ1) is 11.3. The minimum atomic E-state index is -3.44. The Balaban J connectivity index is 1.72. The van der Waals surface area contributed by atoms with Gasteiger partial charge in [-0.3, -0.25) is 4.79 Å². The van der Waals surface area contributed by atoms with Gasteiger partial charge in [0.25, 0.3) is 5.91 Å². The van der Waals surface area contributed by atoms with Gasteiger partial charge in [0.1, 0.15) is 5.25 Å². The second-order valence-electron chi connectivity index (χ2n) is 6.15. The Morgan fingerprint density at radius 1 is 1.08 bits per heavy atom. The molecule has 1 aliphatic rings. The van der Waals surface area contributed by atoms with Gasteiger partial charge >= 0.3 is 0 Å². The molecule has 126 valence electrons. The molecule has 2 aromatic rings. The predicted molar refractivity (Wildman–Crippen MR) is 94.2 cm³/mol. The van der Waals surface area contributed by atoms with Crippen molar-refractivity contribution >= 4 is 27.3 Å². The first-order valence-corrected chi connectivity index (χ1v) is 9.57. The third kappa shape index (κ3) is 3.06. The second-order valence-corrected chi connectivity index (χ2v) is 8.81. The average Bonchev–Trinajstić information content (AvgIpc) is 2.45. The summed E-state index contributed by atoms with van der Waals surface area (Å²) in [5.41, 5.74) is 2.63. The van der Waals surface area contributed by atoms with Crippen LogP contribution in [0.5, 0.6) is 0 Å². The third-order valence-corrected chi connectivity index (χ3v) is 6.69. The fourth-order valence-corrected chi connectivity index (χ4v) is 4.62. The Morgan fingerprint density at radius 2 is 1.71 bits per heavy atom. The number of hydrogen-bond acceptors (Lipinski definition) is 3. The van der Waals surface area contributed by atoms with Crippen molar-refractivity contribution in [2.24, 2.45) is 0 Å². The summed E-state index contributed by atoms with van der Waals surface area (Å²) in [6, 6.07) is 11.8. The second kappa shape index (κ2) is 6.22. The lowest BCUT2D eigenvalue weighted by atomic mass is 10.0. The lowest BCUT2D eigenvalue weighted by Gasteiger charge is -2.39. The number of rotatable bonds is 3. The molecule has 6 heteroatoms. The molecule has 4 nitrogen and oxygen atoms in total. The van der Waals surface area contributed by atoms with Crippen molar-refractivity contribution in [2.75, 3.05) is 13.1 Å². The van der Waals surface area contributed by atoms with Crippen LogP contribution in [0.1, 0.15) is 21.5 Å². The van der Waals surface area contributed by atoms with Crippen LogP contribution in [0.25, 0.3) is 0 Å². The Labute approximate surface area is 147 Å². The molecule has 1 amide bonds. The Morgan fingerprint density at radius 3 is 2.29 bits per heavy atom. The molecule has 0 aromatic heterocycles. The van der Waals surface area contributed by atoms with E-state index in [-0.39, 0.29) is 23.9 Å². The van der Waals surface area contributed by atoms with Gasteiger partial charge in [0, 0.05) is 23.7 Å². The SMILES string of the molecule is Cc1ccc(C(=O)N2CC(S(=O)(=O)c3ccc(Cl)cc3)C2)c(C)c1. The molecule has 1 heterocycles. The van der Waals surface area contributed by atoms with Crippen LogP contribution in [0.4, 0.5) is 0 Å². The first kappa shape index (κ1) is 17.0. The summed E-state index contributed by atoms with van der Waals surface area (Å²) in [5, 5.41) is -0.0670. The summed E-state index contributed by atoms with van der Waals surface area (Å²) in [7, 11) is -3.44. The highest BCUT2D eigenvalue weighted by atomic mass is 35.5. The Hall–Kier alpha value is -1.85. The van der Waals surface area contributed by atoms with Crippen LogP contribution in [0, 0.1) is 13.8 Å². The molecule has 3 rings (SSSR count). The maximum Gasteiger partial charge on any atom is 0.254 e. The monoisotopic (exact) mass is 363 g/mol. The van der Waals surface area contributed by atoms with E-state index < -0.39 is 15.1 Å². The zero-order valence-electron chi connectivity index (χ0n) is 13.5. The molecule has 0 aliphatic carbocycles. The van der Waals surface area contributed by atoms with Crippen molar-refractivity contribution in [3.8, 4) is 0 Å². The molecule has 1 saturated heterocycles. The molecule has 0 atom stereocenters. The number of likely N-dealkylation sites (tertiary alicyclic amines) is 1. The van der Waals surface area contributed by atoms with Gasteiger partial charge in [-0.2, -0.15) is 0 Å². The third-order valence-electron chi connectivity index (χ3n) is 4.33. The standard InChI is InChI=1S/C18H18ClNO3S/c1-12-3-8-17(13(2)9-12)18(21)20-10-16(11-20)24(22,23)15-6-4-14(19)5-7-15/h3-9,16H,10-11H2,1-2H3. The molecule has 0 unspecified atom stereocenters. The van der Waals surface area contributed by atoms with Crippen molar-refractivity contribution in [3.05, 3.63) is 64.2 Å². The zero-order valence-corrected chi connectivity index (χ0v) is 15.1. The average molecular weight is 364 g/mol. The van der Waals surface area contributed by atoms with E-state index in [1.807, 2.05) is 26.0 Å². The van der Waals surface area contributed by atoms with Crippen LogP contribution in [0.3, 0.4) is 0 Å². The largest absolute Gasteiger partial charge is 0.336 e. The molecule has 2 aromatic carbocycles. The number of aryl methyl sites for hydroxylation is 2. The maximum absolute atomic E-state index is 12.6. The number of carbonyl (C=O) groups is 1. The van der Waals surface area contributed by atoms with E-state index in [0.29, 0.717) is 10.6 Å². The summed E-state index contributed by atoms with van der Waals surface area (Å²) >= 11 is 5.80. The molecular formula is C18H18ClNO3S. The van der Waals surface area contributed by atoms with E-state index in [1.165, 1.54) is 12.1 Å². The lowest BCUT2D eigenvalue weighted by Crippen LogP contribution is -2.56. The normalized spacial score (nSPS) is 15.2. The quantitative estimate of drug-likeness (QED) is 0.841. The van der Waals surface area contributed by atoms with E-state index in [9.17, 15) is 13.2 Å². The summed E-state index contributed by atoms with van der Waals surface area (Å²) in [6.45, 7) is 4.30. The van der Waals surface area contributed by atoms with Crippen molar-refractivity contribution < 1.29 is 13.2 Å². The van der Waals surface area contributed by atoms with Crippen LogP contribution in [0.15, 0.2) is 47.4 Å². The number of sulfone groups is 1. The van der Waals surface area contributed by atoms with Crippen LogP contribution in [-0.2, 0) is 9.84 Å². The van der Waals surface area contributed by atoms with Crippen molar-refractivity contribution in [3.63, 3.8) is 0 Å². The van der Waals surface area contributed by atoms with Gasteiger partial charge in [-0.05, 0) is 49.7 Å². The van der Waals surface area contributed by atoms with Crippen molar-refractivity contribution in [1.82, 2.24) is 4.90 Å². The van der Waals surface area contributed by atoms with E-state index in [4.69, 9.17) is 11.6 Å². The summed E-state index contributed by atoms with van der Waals surface area (Å²) in [6.07, 6.45) is 0. The molecule has 24 heavy (non-hydrogen) atoms. The molecule has 0 N–H and O–H groups in total. The predicted octanol–water partition coefficient (Wildman–Crippen LogP) is 3.26. The van der Waals surface area contributed by atoms with E-state index in [1.54, 1.807) is 23.1 Å². The highest BCUT2D eigenvalue weighted by Gasteiger charge is 2.40. The van der Waals surface area contributed by atoms with E-state index in [0.717, 1.165) is 11.1 Å². The minimum Gasteiger partial charge on any atom is -0.336 e. The molecule has 0 bridgehead atoms. The van der Waals surface area contributed by atoms with Gasteiger partial charge in [-0.15, -0.1) is 0 Å². The fraction of sp³-hybridized carbons (Fsp3) is 0.278. The number of halogens is 1. The Bertz CT molecular complexity index is 885. The van der Waals surface area contributed by atoms with Gasteiger partial charge in [-0.1, -0.05) is 29.3 Å². The number of benzene rings is 2. The summed E-state index contributed by atoms with van der Waals surface area (Å²) in [4.78, 5) is 14.4. The lowest BCUT2D eigenvalue weighted by molar-refractivity contribution is 0.0658. The van der Waals surface area contributed by atoms with Crippen LogP contribution < -0.4 is 0 Å². The van der Waals surface area contributed by atoms with Crippen LogP contribution in [-0.4, -0.2) is 37.6 Å². The van der Waals surface area contributed by atoms with Crippen molar-refractivity contribution in [1.29, 1.82) is 0 Å². The highest BCUT2D eigenvalue weighted by Crippen LogP contribution is 2.26. The topological polar surface area (TPSA) is 54.5 Å². The number of hydrogen-bond donors (Lipinski definition) is 0. The number of carbonyl (C=O) groups excluding carboxylic acids is 1. The Kier molecular flexibility index (Phi) is 4.40. The van der Waals surface area contributed by atoms with Gasteiger partial charge in [-0.25, -0.2) is 8.42 Å². The molecular weight excluding hydrogens is 346 g/mol. The molecule has 1 fully saturated rings. The van der Waals surface area contributed by atoms with Gasteiger partial charge in [0.15, 0.2) is 9.84 Å². The van der Waals surface area contributed by atoms with Gasteiger partial charge in [0.05, 0.1) is 4.90 Å². The molecule has 0 radical (unpaired) electrons. The number of amides is 1. The van der Waals surface area contributed by atoms with Crippen LogP contribution >= 0.6 is 11.6 Å². The van der Waals surface area contributed by atoms with E-state index in [2.05, 4.69) is 0 Å². The summed E-state index contributed by atoms with van der Waals surface area (Å²) in [5.74, 6) is -0.116. The van der Waals surface area contributed by atoms with E-state index >= 15 is 0 Å². The first-order valence-electron chi connectivity index (χ1n) is 7.65. The summed E-state index contributed by atoms with van der Waals surface area (Å²) < 4.78 is 25.1. The molecule has 1 aliphatic heterocycles. The maximum atomic E-state index is 12.6. The van der Waals surface area contributed by atoms with Crippen LogP contribution in [0.2, 0.25) is 5.02 Å².